The van der Waals surface area contributed by atoms with E-state index in [2.05, 4.69) is 20.7 Å². The van der Waals surface area contributed by atoms with E-state index in [9.17, 15) is 0 Å². The van der Waals surface area contributed by atoms with E-state index in [0.29, 0.717) is 12.5 Å². The minimum atomic E-state index is 0.559. The van der Waals surface area contributed by atoms with Gasteiger partial charge in [-0.25, -0.2) is 9.97 Å². The van der Waals surface area contributed by atoms with Gasteiger partial charge in [0.1, 0.15) is 11.5 Å². The molecule has 16 heavy (non-hydrogen) atoms. The van der Waals surface area contributed by atoms with E-state index in [4.69, 9.17) is 5.73 Å². The van der Waals surface area contributed by atoms with Gasteiger partial charge in [0.2, 0.25) is 0 Å². The molecule has 0 bridgehead atoms. The molecule has 4 heteroatoms. The third kappa shape index (κ3) is 1.33. The summed E-state index contributed by atoms with van der Waals surface area (Å²) in [7, 11) is 2.02. The molecule has 0 amide bonds. The van der Waals surface area contributed by atoms with Crippen LogP contribution in [0, 0.1) is 6.92 Å². The molecule has 1 aliphatic rings. The Balaban J connectivity index is 2.37. The highest BCUT2D eigenvalue weighted by molar-refractivity contribution is 5.83. The smallest absolute Gasteiger partial charge is 0.143 e. The lowest BCUT2D eigenvalue weighted by molar-refractivity contribution is 0.910. The predicted molar refractivity (Wildman–Crippen MR) is 63.1 cm³/mol. The van der Waals surface area contributed by atoms with Crippen LogP contribution in [-0.2, 0) is 13.6 Å². The first-order valence-electron chi connectivity index (χ1n) is 5.73. The van der Waals surface area contributed by atoms with Gasteiger partial charge in [0.05, 0.1) is 5.69 Å². The molecule has 2 N–H and O–H groups in total. The van der Waals surface area contributed by atoms with Crippen molar-refractivity contribution in [3.05, 3.63) is 23.3 Å². The molecule has 0 saturated heterocycles. The third-order valence-electron chi connectivity index (χ3n) is 3.22. The molecule has 2 aromatic rings. The molecule has 4 nitrogen and oxygen atoms in total. The lowest BCUT2D eigenvalue weighted by Gasteiger charge is -2.04. The van der Waals surface area contributed by atoms with Crippen LogP contribution in [0.2, 0.25) is 0 Å². The van der Waals surface area contributed by atoms with Crippen LogP contribution in [0.4, 0.5) is 0 Å². The summed E-state index contributed by atoms with van der Waals surface area (Å²) in [4.78, 5) is 9.12. The van der Waals surface area contributed by atoms with Crippen molar-refractivity contribution in [2.24, 2.45) is 12.8 Å². The first-order chi connectivity index (χ1) is 7.70. The molecule has 0 radical (unpaired) electrons. The molecule has 1 fully saturated rings. The van der Waals surface area contributed by atoms with Crippen molar-refractivity contribution >= 4 is 11.0 Å². The number of aromatic nitrogens is 3. The standard InChI is InChI=1S/C12H16N4/c1-7-14-11(8-3-4-8)10-9(5-13)6-16(2)12(10)15-7/h6,8H,3-5,13H2,1-2H3. The number of hydrogen-bond donors (Lipinski definition) is 1. The molecule has 0 spiro atoms. The summed E-state index contributed by atoms with van der Waals surface area (Å²) in [6, 6.07) is 0. The third-order valence-corrected chi connectivity index (χ3v) is 3.22. The second-order valence-electron chi connectivity index (χ2n) is 4.60. The van der Waals surface area contributed by atoms with E-state index in [-0.39, 0.29) is 0 Å². The highest BCUT2D eigenvalue weighted by atomic mass is 15.0. The Bertz CT molecular complexity index is 552. The molecule has 0 atom stereocenters. The van der Waals surface area contributed by atoms with E-state index in [1.807, 2.05) is 14.0 Å². The normalized spacial score (nSPS) is 15.9. The average molecular weight is 216 g/mol. The Morgan fingerprint density at radius 2 is 2.19 bits per heavy atom. The fourth-order valence-corrected chi connectivity index (χ4v) is 2.31. The molecule has 0 aliphatic heterocycles. The maximum atomic E-state index is 5.79. The fourth-order valence-electron chi connectivity index (χ4n) is 2.31. The highest BCUT2D eigenvalue weighted by Gasteiger charge is 2.29. The Kier molecular flexibility index (Phi) is 2.01. The molecule has 2 aromatic heterocycles. The quantitative estimate of drug-likeness (QED) is 0.829. The molecule has 0 unspecified atom stereocenters. The highest BCUT2D eigenvalue weighted by Crippen LogP contribution is 2.42. The van der Waals surface area contributed by atoms with Gasteiger partial charge in [0.15, 0.2) is 0 Å². The molecule has 1 saturated carbocycles. The molecular formula is C12H16N4. The van der Waals surface area contributed by atoms with E-state index < -0.39 is 0 Å². The van der Waals surface area contributed by atoms with Crippen molar-refractivity contribution < 1.29 is 0 Å². The SMILES string of the molecule is Cc1nc(C2CC2)c2c(CN)cn(C)c2n1. The van der Waals surface area contributed by atoms with Gasteiger partial charge in [0, 0.05) is 31.1 Å². The van der Waals surface area contributed by atoms with Gasteiger partial charge >= 0.3 is 0 Å². The van der Waals surface area contributed by atoms with Crippen molar-refractivity contribution in [1.29, 1.82) is 0 Å². The number of hydrogen-bond acceptors (Lipinski definition) is 3. The zero-order valence-corrected chi connectivity index (χ0v) is 9.70. The Morgan fingerprint density at radius 1 is 1.44 bits per heavy atom. The topological polar surface area (TPSA) is 56.7 Å². The van der Waals surface area contributed by atoms with Crippen LogP contribution in [-0.4, -0.2) is 14.5 Å². The maximum absolute atomic E-state index is 5.79. The summed E-state index contributed by atoms with van der Waals surface area (Å²) >= 11 is 0. The van der Waals surface area contributed by atoms with Crippen LogP contribution in [0.15, 0.2) is 6.20 Å². The van der Waals surface area contributed by atoms with Crippen LogP contribution in [0.3, 0.4) is 0 Å². The molecule has 1 aliphatic carbocycles. The Labute approximate surface area is 94.5 Å². The maximum Gasteiger partial charge on any atom is 0.143 e. The first-order valence-corrected chi connectivity index (χ1v) is 5.73. The average Bonchev–Trinajstić information content (AvgIpc) is 3.04. The zero-order chi connectivity index (χ0) is 11.3. The lowest BCUT2D eigenvalue weighted by atomic mass is 10.1. The number of fused-ring (bicyclic) bond motifs is 1. The van der Waals surface area contributed by atoms with E-state index >= 15 is 0 Å². The zero-order valence-electron chi connectivity index (χ0n) is 9.70. The van der Waals surface area contributed by atoms with Crippen molar-refractivity contribution in [3.63, 3.8) is 0 Å². The van der Waals surface area contributed by atoms with Crippen LogP contribution in [0.5, 0.6) is 0 Å². The van der Waals surface area contributed by atoms with Crippen molar-refractivity contribution in [1.82, 2.24) is 14.5 Å². The summed E-state index contributed by atoms with van der Waals surface area (Å²) in [6.45, 7) is 2.52. The first kappa shape index (κ1) is 9.78. The number of nitrogens with two attached hydrogens (primary N) is 1. The summed E-state index contributed by atoms with van der Waals surface area (Å²) in [6.07, 6.45) is 4.58. The van der Waals surface area contributed by atoms with E-state index in [0.717, 1.165) is 11.5 Å². The van der Waals surface area contributed by atoms with E-state index in [1.165, 1.54) is 29.5 Å². The van der Waals surface area contributed by atoms with Gasteiger partial charge in [0.25, 0.3) is 0 Å². The minimum absolute atomic E-state index is 0.559. The number of rotatable bonds is 2. The van der Waals surface area contributed by atoms with Gasteiger partial charge < -0.3 is 10.3 Å². The van der Waals surface area contributed by atoms with Gasteiger partial charge in [-0.3, -0.25) is 0 Å². The second kappa shape index (κ2) is 3.28. The summed E-state index contributed by atoms with van der Waals surface area (Å²) in [5.74, 6) is 1.50. The Morgan fingerprint density at radius 3 is 2.81 bits per heavy atom. The van der Waals surface area contributed by atoms with Crippen molar-refractivity contribution in [2.75, 3.05) is 0 Å². The Hall–Kier alpha value is -1.42. The summed E-state index contributed by atoms with van der Waals surface area (Å²) in [5, 5.41) is 1.19. The molecule has 3 rings (SSSR count). The second-order valence-corrected chi connectivity index (χ2v) is 4.60. The summed E-state index contributed by atoms with van der Waals surface area (Å²) in [5.41, 5.74) is 9.19. The summed E-state index contributed by atoms with van der Waals surface area (Å²) < 4.78 is 2.05. The molecular weight excluding hydrogens is 200 g/mol. The lowest BCUT2D eigenvalue weighted by Crippen LogP contribution is -2.00. The fraction of sp³-hybridized carbons (Fsp3) is 0.500. The van der Waals surface area contributed by atoms with Gasteiger partial charge in [-0.1, -0.05) is 0 Å². The van der Waals surface area contributed by atoms with Crippen LogP contribution in [0.25, 0.3) is 11.0 Å². The molecule has 0 aromatic carbocycles. The largest absolute Gasteiger partial charge is 0.335 e. The minimum Gasteiger partial charge on any atom is -0.335 e. The van der Waals surface area contributed by atoms with Gasteiger partial charge in [-0.05, 0) is 25.3 Å². The van der Waals surface area contributed by atoms with Crippen LogP contribution in [0.1, 0.15) is 35.8 Å². The monoisotopic (exact) mass is 216 g/mol. The van der Waals surface area contributed by atoms with Crippen LogP contribution < -0.4 is 5.73 Å². The number of nitrogens with zero attached hydrogens (tertiary/aromatic N) is 3. The predicted octanol–water partition coefficient (Wildman–Crippen LogP) is 1.61. The van der Waals surface area contributed by atoms with E-state index in [1.54, 1.807) is 0 Å². The van der Waals surface area contributed by atoms with Gasteiger partial charge in [-0.15, -0.1) is 0 Å². The molecule has 84 valence electrons. The van der Waals surface area contributed by atoms with Crippen molar-refractivity contribution in [2.45, 2.75) is 32.2 Å². The van der Waals surface area contributed by atoms with Crippen LogP contribution >= 0.6 is 0 Å². The van der Waals surface area contributed by atoms with Gasteiger partial charge in [-0.2, -0.15) is 0 Å². The van der Waals surface area contributed by atoms with Crippen molar-refractivity contribution in [3.8, 4) is 0 Å². The molecule has 2 heterocycles. The number of aryl methyl sites for hydroxylation is 2.